The van der Waals surface area contributed by atoms with E-state index in [1.807, 2.05) is 13.0 Å². The predicted molar refractivity (Wildman–Crippen MR) is 46.5 cm³/mol. The van der Waals surface area contributed by atoms with Gasteiger partial charge in [0.1, 0.15) is 5.15 Å². The first kappa shape index (κ1) is 8.10. The summed E-state index contributed by atoms with van der Waals surface area (Å²) in [4.78, 5) is 4.01. The Labute approximate surface area is 71.4 Å². The Bertz CT molecular complexity index is 279. The summed E-state index contributed by atoms with van der Waals surface area (Å²) in [5, 5.41) is 0.509. The van der Waals surface area contributed by atoms with Gasteiger partial charge in [0.25, 0.3) is 0 Å². The zero-order valence-electron chi connectivity index (χ0n) is 6.26. The lowest BCUT2D eigenvalue weighted by atomic mass is 10.2. The molecule has 0 aromatic carbocycles. The molecule has 1 rings (SSSR count). The Kier molecular flexibility index (Phi) is 2.51. The second-order valence-corrected chi connectivity index (χ2v) is 2.71. The van der Waals surface area contributed by atoms with Crippen molar-refractivity contribution in [3.63, 3.8) is 0 Å². The van der Waals surface area contributed by atoms with E-state index in [-0.39, 0.29) is 0 Å². The van der Waals surface area contributed by atoms with Gasteiger partial charge in [-0.1, -0.05) is 11.6 Å². The Morgan fingerprint density at radius 3 is 2.91 bits per heavy atom. The summed E-state index contributed by atoms with van der Waals surface area (Å²) in [5.74, 6) is 2.55. The van der Waals surface area contributed by atoms with Crippen LogP contribution >= 0.6 is 11.6 Å². The van der Waals surface area contributed by atoms with E-state index in [4.69, 9.17) is 18.0 Å². The number of rotatable bonds is 1. The summed E-state index contributed by atoms with van der Waals surface area (Å²) in [6.07, 6.45) is 5.76. The van der Waals surface area contributed by atoms with Crippen molar-refractivity contribution in [3.05, 3.63) is 28.5 Å². The van der Waals surface area contributed by atoms with Crippen LogP contribution in [0.4, 0.5) is 0 Å². The van der Waals surface area contributed by atoms with E-state index in [0.717, 1.165) is 11.3 Å². The number of nitrogens with zero attached hydrogens (tertiary/aromatic N) is 1. The maximum atomic E-state index is 5.71. The molecule has 0 atom stereocenters. The van der Waals surface area contributed by atoms with Gasteiger partial charge in [0, 0.05) is 12.1 Å². The molecule has 0 bridgehead atoms. The molecule has 11 heavy (non-hydrogen) atoms. The van der Waals surface area contributed by atoms with Crippen molar-refractivity contribution in [1.29, 1.82) is 0 Å². The summed E-state index contributed by atoms with van der Waals surface area (Å²) >= 11 is 5.71. The van der Waals surface area contributed by atoms with Gasteiger partial charge in [0.2, 0.25) is 0 Å². The molecule has 2 heteroatoms. The highest BCUT2D eigenvalue weighted by Crippen LogP contribution is 2.10. The lowest BCUT2D eigenvalue weighted by Crippen LogP contribution is -1.87. The van der Waals surface area contributed by atoms with E-state index in [2.05, 4.69) is 10.9 Å². The first-order valence-corrected chi connectivity index (χ1v) is 3.66. The van der Waals surface area contributed by atoms with E-state index in [9.17, 15) is 0 Å². The number of pyridine rings is 1. The lowest BCUT2D eigenvalue weighted by molar-refractivity contribution is 1.15. The molecule has 0 radical (unpaired) electrons. The van der Waals surface area contributed by atoms with Crippen LogP contribution in [-0.2, 0) is 6.42 Å². The molecule has 0 aliphatic heterocycles. The third-order valence-electron chi connectivity index (χ3n) is 1.29. The van der Waals surface area contributed by atoms with Crippen molar-refractivity contribution in [1.82, 2.24) is 4.98 Å². The van der Waals surface area contributed by atoms with Crippen molar-refractivity contribution in [3.8, 4) is 12.3 Å². The van der Waals surface area contributed by atoms with Gasteiger partial charge in [0.15, 0.2) is 0 Å². The smallest absolute Gasteiger partial charge is 0.129 e. The van der Waals surface area contributed by atoms with Gasteiger partial charge in [-0.3, -0.25) is 0 Å². The molecule has 0 spiro atoms. The maximum Gasteiger partial charge on any atom is 0.129 e. The van der Waals surface area contributed by atoms with Gasteiger partial charge in [-0.25, -0.2) is 4.98 Å². The second kappa shape index (κ2) is 3.41. The van der Waals surface area contributed by atoms with E-state index < -0.39 is 0 Å². The molecule has 0 saturated carbocycles. The molecule has 0 aliphatic carbocycles. The van der Waals surface area contributed by atoms with Crippen LogP contribution in [-0.4, -0.2) is 4.98 Å². The molecule has 1 heterocycles. The number of hydrogen-bond acceptors (Lipinski definition) is 1. The van der Waals surface area contributed by atoms with Crippen LogP contribution in [0.1, 0.15) is 11.3 Å². The van der Waals surface area contributed by atoms with Gasteiger partial charge in [-0.2, -0.15) is 0 Å². The van der Waals surface area contributed by atoms with Crippen LogP contribution in [0, 0.1) is 19.3 Å². The fourth-order valence-electron chi connectivity index (χ4n) is 0.916. The van der Waals surface area contributed by atoms with Crippen LogP contribution in [0.15, 0.2) is 12.1 Å². The summed E-state index contributed by atoms with van der Waals surface area (Å²) < 4.78 is 0. The molecule has 0 N–H and O–H groups in total. The molecule has 1 aromatic rings. The predicted octanol–water partition coefficient (Wildman–Crippen LogP) is 2.22. The fraction of sp³-hybridized carbons (Fsp3) is 0.222. The van der Waals surface area contributed by atoms with Crippen LogP contribution in [0.25, 0.3) is 0 Å². The molecule has 1 nitrogen and oxygen atoms in total. The molecule has 56 valence electrons. The van der Waals surface area contributed by atoms with Crippen molar-refractivity contribution in [2.75, 3.05) is 0 Å². The molecular weight excluding hydrogens is 158 g/mol. The summed E-state index contributed by atoms with van der Waals surface area (Å²) in [5.41, 5.74) is 1.95. The molecule has 0 aliphatic rings. The van der Waals surface area contributed by atoms with Crippen molar-refractivity contribution < 1.29 is 0 Å². The molecule has 0 fully saturated rings. The van der Waals surface area contributed by atoms with Crippen molar-refractivity contribution in [2.45, 2.75) is 13.3 Å². The molecular formula is C9H8ClN. The van der Waals surface area contributed by atoms with Crippen LogP contribution in [0.5, 0.6) is 0 Å². The molecule has 0 saturated heterocycles. The standard InChI is InChI=1S/C9H8ClN/c1-3-4-8-5-7(2)11-9(10)6-8/h1,5-6H,4H2,2H3. The van der Waals surface area contributed by atoms with Gasteiger partial charge in [0.05, 0.1) is 0 Å². The van der Waals surface area contributed by atoms with Crippen LogP contribution < -0.4 is 0 Å². The summed E-state index contributed by atoms with van der Waals surface area (Å²) in [7, 11) is 0. The number of terminal acetylenes is 1. The van der Waals surface area contributed by atoms with Gasteiger partial charge >= 0.3 is 0 Å². The van der Waals surface area contributed by atoms with Crippen LogP contribution in [0.2, 0.25) is 5.15 Å². The van der Waals surface area contributed by atoms with Gasteiger partial charge < -0.3 is 0 Å². The first-order chi connectivity index (χ1) is 5.22. The molecule has 0 amide bonds. The Morgan fingerprint density at radius 1 is 1.64 bits per heavy atom. The quantitative estimate of drug-likeness (QED) is 0.459. The average molecular weight is 166 g/mol. The topological polar surface area (TPSA) is 12.9 Å². The molecule has 1 aromatic heterocycles. The van der Waals surface area contributed by atoms with Crippen LogP contribution in [0.3, 0.4) is 0 Å². The maximum absolute atomic E-state index is 5.71. The largest absolute Gasteiger partial charge is 0.241 e. The van der Waals surface area contributed by atoms with E-state index in [1.54, 1.807) is 6.07 Å². The SMILES string of the molecule is C#CCc1cc(C)nc(Cl)c1. The lowest BCUT2D eigenvalue weighted by Gasteiger charge is -1.97. The number of aryl methyl sites for hydroxylation is 1. The monoisotopic (exact) mass is 165 g/mol. The van der Waals surface area contributed by atoms with E-state index in [0.29, 0.717) is 11.6 Å². The summed E-state index contributed by atoms with van der Waals surface area (Å²) in [6.45, 7) is 1.89. The third kappa shape index (κ3) is 2.25. The highest BCUT2D eigenvalue weighted by Gasteiger charge is 1.95. The van der Waals surface area contributed by atoms with Gasteiger partial charge in [-0.15, -0.1) is 12.3 Å². The summed E-state index contributed by atoms with van der Waals surface area (Å²) in [6, 6.07) is 3.72. The Hall–Kier alpha value is -1.00. The highest BCUT2D eigenvalue weighted by atomic mass is 35.5. The minimum atomic E-state index is 0.509. The van der Waals surface area contributed by atoms with Crippen molar-refractivity contribution in [2.24, 2.45) is 0 Å². The number of aromatic nitrogens is 1. The fourth-order valence-corrected chi connectivity index (χ4v) is 1.19. The van der Waals surface area contributed by atoms with Crippen molar-refractivity contribution >= 4 is 11.6 Å². The normalized spacial score (nSPS) is 9.18. The van der Waals surface area contributed by atoms with E-state index >= 15 is 0 Å². The Balaban J connectivity index is 3.01. The first-order valence-electron chi connectivity index (χ1n) is 3.29. The minimum Gasteiger partial charge on any atom is -0.241 e. The average Bonchev–Trinajstić information content (AvgIpc) is 1.85. The zero-order valence-corrected chi connectivity index (χ0v) is 7.02. The second-order valence-electron chi connectivity index (χ2n) is 2.32. The minimum absolute atomic E-state index is 0.509. The Morgan fingerprint density at radius 2 is 2.36 bits per heavy atom. The van der Waals surface area contributed by atoms with E-state index in [1.165, 1.54) is 0 Å². The third-order valence-corrected chi connectivity index (χ3v) is 1.48. The highest BCUT2D eigenvalue weighted by molar-refractivity contribution is 6.29. The number of halogens is 1. The molecule has 0 unspecified atom stereocenters. The number of hydrogen-bond donors (Lipinski definition) is 0. The zero-order chi connectivity index (χ0) is 8.27. The van der Waals surface area contributed by atoms with Gasteiger partial charge in [-0.05, 0) is 24.6 Å².